The molecule has 0 amide bonds. The SMILES string of the molecule is CCCCCC1CCC2CC(c3c(F)cc(C(=O)O)cc3F)CCC2C1. The summed E-state index contributed by atoms with van der Waals surface area (Å²) in [5.41, 5.74) is -0.205. The van der Waals surface area contributed by atoms with Crippen molar-refractivity contribution in [1.82, 2.24) is 0 Å². The van der Waals surface area contributed by atoms with Gasteiger partial charge in [0.25, 0.3) is 0 Å². The quantitative estimate of drug-likeness (QED) is 0.582. The van der Waals surface area contributed by atoms with Gasteiger partial charge in [0.1, 0.15) is 11.6 Å². The molecular weight excluding hydrogens is 334 g/mol. The maximum Gasteiger partial charge on any atom is 0.335 e. The highest BCUT2D eigenvalue weighted by atomic mass is 19.1. The molecule has 26 heavy (non-hydrogen) atoms. The van der Waals surface area contributed by atoms with Crippen molar-refractivity contribution in [2.45, 2.75) is 77.0 Å². The normalized spacial score (nSPS) is 28.6. The average Bonchev–Trinajstić information content (AvgIpc) is 2.61. The highest BCUT2D eigenvalue weighted by Gasteiger charge is 2.37. The van der Waals surface area contributed by atoms with Crippen LogP contribution in [0.15, 0.2) is 12.1 Å². The number of unbranched alkanes of at least 4 members (excludes halogenated alkanes) is 2. The number of carboxylic acids is 1. The van der Waals surface area contributed by atoms with E-state index >= 15 is 0 Å². The third kappa shape index (κ3) is 4.27. The van der Waals surface area contributed by atoms with Crippen molar-refractivity contribution in [1.29, 1.82) is 0 Å². The summed E-state index contributed by atoms with van der Waals surface area (Å²) in [5.74, 6) is -0.693. The molecule has 0 radical (unpaired) electrons. The Morgan fingerprint density at radius 3 is 2.35 bits per heavy atom. The Hall–Kier alpha value is -1.45. The second-order valence-corrected chi connectivity index (χ2v) is 8.36. The van der Waals surface area contributed by atoms with E-state index in [1.807, 2.05) is 0 Å². The van der Waals surface area contributed by atoms with Gasteiger partial charge in [-0.3, -0.25) is 0 Å². The van der Waals surface area contributed by atoms with E-state index in [-0.39, 0.29) is 17.0 Å². The standard InChI is InChI=1S/C22H30F2O2/c1-2-3-4-5-14-6-7-16-11-17(9-8-15(16)10-14)21-19(23)12-18(22(25)26)13-20(21)24/h12-17H,2-11H2,1H3,(H,25,26). The molecule has 2 nitrogen and oxygen atoms in total. The molecule has 0 aromatic heterocycles. The van der Waals surface area contributed by atoms with E-state index in [9.17, 15) is 13.6 Å². The number of carboxylic acid groups (broad SMARTS) is 1. The number of benzene rings is 1. The molecule has 1 aromatic rings. The zero-order valence-corrected chi connectivity index (χ0v) is 15.6. The van der Waals surface area contributed by atoms with Gasteiger partial charge in [0.05, 0.1) is 5.56 Å². The van der Waals surface area contributed by atoms with Crippen LogP contribution in [0.25, 0.3) is 0 Å². The first kappa shape index (κ1) is 19.3. The number of halogens is 2. The van der Waals surface area contributed by atoms with E-state index in [2.05, 4.69) is 6.92 Å². The summed E-state index contributed by atoms with van der Waals surface area (Å²) in [6, 6.07) is 1.94. The van der Waals surface area contributed by atoms with Gasteiger partial charge in [0.2, 0.25) is 0 Å². The lowest BCUT2D eigenvalue weighted by Gasteiger charge is -2.42. The zero-order chi connectivity index (χ0) is 18.7. The molecule has 2 aliphatic carbocycles. The fraction of sp³-hybridized carbons (Fsp3) is 0.682. The van der Waals surface area contributed by atoms with E-state index < -0.39 is 17.6 Å². The molecule has 0 bridgehead atoms. The Bertz CT molecular complexity index is 620. The van der Waals surface area contributed by atoms with Crippen LogP contribution in [0.4, 0.5) is 8.78 Å². The highest BCUT2D eigenvalue weighted by Crippen LogP contribution is 2.49. The first-order valence-corrected chi connectivity index (χ1v) is 10.2. The predicted molar refractivity (Wildman–Crippen MR) is 98.4 cm³/mol. The molecule has 2 saturated carbocycles. The van der Waals surface area contributed by atoms with E-state index in [0.717, 1.165) is 37.3 Å². The number of fused-ring (bicyclic) bond motifs is 1. The lowest BCUT2D eigenvalue weighted by molar-refractivity contribution is 0.0695. The first-order valence-electron chi connectivity index (χ1n) is 10.2. The van der Waals surface area contributed by atoms with Crippen LogP contribution in [0.3, 0.4) is 0 Å². The van der Waals surface area contributed by atoms with Crippen molar-refractivity contribution in [3.8, 4) is 0 Å². The molecule has 4 unspecified atom stereocenters. The van der Waals surface area contributed by atoms with Crippen molar-refractivity contribution < 1.29 is 18.7 Å². The molecule has 4 heteroatoms. The maximum absolute atomic E-state index is 14.4. The summed E-state index contributed by atoms with van der Waals surface area (Å²) >= 11 is 0. The van der Waals surface area contributed by atoms with Gasteiger partial charge in [0.15, 0.2) is 0 Å². The van der Waals surface area contributed by atoms with E-state index in [0.29, 0.717) is 11.8 Å². The monoisotopic (exact) mass is 364 g/mol. The lowest BCUT2D eigenvalue weighted by atomic mass is 9.63. The molecule has 1 N–H and O–H groups in total. The third-order valence-corrected chi connectivity index (χ3v) is 6.67. The van der Waals surface area contributed by atoms with Crippen LogP contribution >= 0.6 is 0 Å². The van der Waals surface area contributed by atoms with Crippen LogP contribution in [0, 0.1) is 29.4 Å². The van der Waals surface area contributed by atoms with Crippen LogP contribution in [-0.4, -0.2) is 11.1 Å². The minimum absolute atomic E-state index is 0.110. The van der Waals surface area contributed by atoms with Crippen LogP contribution in [0.2, 0.25) is 0 Å². The molecule has 2 fully saturated rings. The Balaban J connectivity index is 1.64. The average molecular weight is 364 g/mol. The highest BCUT2D eigenvalue weighted by molar-refractivity contribution is 5.87. The number of hydrogen-bond donors (Lipinski definition) is 1. The summed E-state index contributed by atoms with van der Waals surface area (Å²) in [4.78, 5) is 11.0. The Morgan fingerprint density at radius 2 is 1.69 bits per heavy atom. The largest absolute Gasteiger partial charge is 0.478 e. The second kappa shape index (κ2) is 8.49. The van der Waals surface area contributed by atoms with Crippen LogP contribution in [0.1, 0.15) is 93.0 Å². The van der Waals surface area contributed by atoms with Crippen molar-refractivity contribution >= 4 is 5.97 Å². The fourth-order valence-electron chi connectivity index (χ4n) is 5.29. The van der Waals surface area contributed by atoms with Crippen LogP contribution in [0.5, 0.6) is 0 Å². The van der Waals surface area contributed by atoms with Gasteiger partial charge in [-0.05, 0) is 67.9 Å². The summed E-state index contributed by atoms with van der Waals surface area (Å²) < 4.78 is 28.8. The topological polar surface area (TPSA) is 37.3 Å². The molecule has 0 saturated heterocycles. The predicted octanol–water partition coefficient (Wildman–Crippen LogP) is 6.54. The summed E-state index contributed by atoms with van der Waals surface area (Å²) in [7, 11) is 0. The van der Waals surface area contributed by atoms with Gasteiger partial charge >= 0.3 is 5.97 Å². The van der Waals surface area contributed by atoms with Crippen molar-refractivity contribution in [3.05, 3.63) is 34.9 Å². The number of rotatable bonds is 6. The summed E-state index contributed by atoms with van der Waals surface area (Å²) in [6.45, 7) is 2.24. The summed E-state index contributed by atoms with van der Waals surface area (Å²) in [5, 5.41) is 8.96. The van der Waals surface area contributed by atoms with Gasteiger partial charge < -0.3 is 5.11 Å². The van der Waals surface area contributed by atoms with Gasteiger partial charge in [-0.15, -0.1) is 0 Å². The van der Waals surface area contributed by atoms with E-state index in [1.54, 1.807) is 0 Å². The Kier molecular flexibility index (Phi) is 6.31. The van der Waals surface area contributed by atoms with Crippen molar-refractivity contribution in [3.63, 3.8) is 0 Å². The third-order valence-electron chi connectivity index (χ3n) is 6.67. The van der Waals surface area contributed by atoms with E-state index in [4.69, 9.17) is 5.11 Å². The Morgan fingerprint density at radius 1 is 1.04 bits per heavy atom. The smallest absolute Gasteiger partial charge is 0.335 e. The van der Waals surface area contributed by atoms with Crippen LogP contribution < -0.4 is 0 Å². The summed E-state index contributed by atoms with van der Waals surface area (Å²) in [6.07, 6.45) is 11.6. The van der Waals surface area contributed by atoms with Crippen molar-refractivity contribution in [2.24, 2.45) is 17.8 Å². The van der Waals surface area contributed by atoms with Gasteiger partial charge in [-0.1, -0.05) is 39.0 Å². The molecule has 2 aliphatic rings. The molecule has 0 aliphatic heterocycles. The zero-order valence-electron chi connectivity index (χ0n) is 15.6. The lowest BCUT2D eigenvalue weighted by Crippen LogP contribution is -2.31. The van der Waals surface area contributed by atoms with E-state index in [1.165, 1.54) is 44.9 Å². The number of carbonyl (C=O) groups is 1. The molecular formula is C22H30F2O2. The minimum atomic E-state index is -1.29. The van der Waals surface area contributed by atoms with Crippen LogP contribution in [-0.2, 0) is 0 Å². The molecule has 144 valence electrons. The molecule has 0 heterocycles. The van der Waals surface area contributed by atoms with Gasteiger partial charge in [-0.2, -0.15) is 0 Å². The fourth-order valence-corrected chi connectivity index (χ4v) is 5.29. The van der Waals surface area contributed by atoms with Gasteiger partial charge in [0, 0.05) is 5.56 Å². The maximum atomic E-state index is 14.4. The first-order chi connectivity index (χ1) is 12.5. The molecule has 3 rings (SSSR count). The number of hydrogen-bond acceptors (Lipinski definition) is 1. The molecule has 0 spiro atoms. The Labute approximate surface area is 155 Å². The van der Waals surface area contributed by atoms with Crippen molar-refractivity contribution in [2.75, 3.05) is 0 Å². The minimum Gasteiger partial charge on any atom is -0.478 e. The molecule has 4 atom stereocenters. The molecule has 1 aromatic carbocycles. The number of aromatic carboxylic acids is 1. The second-order valence-electron chi connectivity index (χ2n) is 8.36. The van der Waals surface area contributed by atoms with Gasteiger partial charge in [-0.25, -0.2) is 13.6 Å².